The van der Waals surface area contributed by atoms with Crippen LogP contribution in [0, 0.1) is 0 Å². The molecule has 0 spiro atoms. The zero-order chi connectivity index (χ0) is 13.0. The largest absolute Gasteiger partial charge is 0.102 e. The highest BCUT2D eigenvalue weighted by Crippen LogP contribution is 2.49. The summed E-state index contributed by atoms with van der Waals surface area (Å²) in [6.45, 7) is 6.11. The molecule has 0 nitrogen and oxygen atoms in total. The van der Waals surface area contributed by atoms with Crippen LogP contribution < -0.4 is 10.6 Å². The van der Waals surface area contributed by atoms with Gasteiger partial charge >= 0.3 is 0 Å². The predicted octanol–water partition coefficient (Wildman–Crippen LogP) is 3.69. The van der Waals surface area contributed by atoms with Gasteiger partial charge in [-0.1, -0.05) is 85.5 Å². The van der Waals surface area contributed by atoms with Crippen LogP contribution in [0.4, 0.5) is 0 Å². The second kappa shape index (κ2) is 5.65. The maximum absolute atomic E-state index is 6.10. The lowest BCUT2D eigenvalue weighted by Crippen LogP contribution is -2.22. The van der Waals surface area contributed by atoms with Crippen molar-refractivity contribution in [3.63, 3.8) is 0 Å². The fourth-order valence-electron chi connectivity index (χ4n) is 2.07. The number of rotatable bonds is 4. The summed E-state index contributed by atoms with van der Waals surface area (Å²) in [4.78, 5) is 0. The van der Waals surface area contributed by atoms with E-state index >= 15 is 0 Å². The van der Waals surface area contributed by atoms with E-state index in [2.05, 4.69) is 62.0 Å². The second-order valence-electron chi connectivity index (χ2n) is 4.31. The van der Waals surface area contributed by atoms with Crippen LogP contribution in [0.3, 0.4) is 0 Å². The lowest BCUT2D eigenvalue weighted by Gasteiger charge is -2.27. The summed E-state index contributed by atoms with van der Waals surface area (Å²) in [7, 11) is 0. The van der Waals surface area contributed by atoms with Gasteiger partial charge in [0.25, 0.3) is 0 Å². The Morgan fingerprint density at radius 1 is 0.944 bits per heavy atom. The first-order chi connectivity index (χ1) is 8.69. The van der Waals surface area contributed by atoms with Crippen LogP contribution in [0.5, 0.6) is 0 Å². The van der Waals surface area contributed by atoms with Crippen molar-refractivity contribution in [2.24, 2.45) is 0 Å². The van der Waals surface area contributed by atoms with Crippen molar-refractivity contribution in [3.05, 3.63) is 73.3 Å². The molecule has 0 amide bonds. The molecule has 0 saturated heterocycles. The van der Waals surface area contributed by atoms with Crippen molar-refractivity contribution in [2.45, 2.75) is 12.6 Å². The highest BCUT2D eigenvalue weighted by Gasteiger charge is 2.26. The Morgan fingerprint density at radius 3 is 1.67 bits per heavy atom. The normalized spacial score (nSPS) is 12.9. The Bertz CT molecular complexity index is 517. The molecular weight excluding hydrogens is 255 g/mol. The van der Waals surface area contributed by atoms with E-state index < -0.39 is 6.04 Å². The Balaban J connectivity index is 2.63. The number of hydrogen-bond acceptors (Lipinski definition) is 1. The molecule has 92 valence electrons. The summed E-state index contributed by atoms with van der Waals surface area (Å²) < 4.78 is 0. The topological polar surface area (TPSA) is 0 Å². The second-order valence-corrected chi connectivity index (χ2v) is 9.20. The van der Waals surface area contributed by atoms with E-state index in [0.717, 1.165) is 0 Å². The molecule has 18 heavy (non-hydrogen) atoms. The first-order valence-electron chi connectivity index (χ1n) is 6.03. The Labute approximate surface area is 114 Å². The molecular formula is C16H17PS. The molecule has 0 aliphatic rings. The van der Waals surface area contributed by atoms with E-state index in [-0.39, 0.29) is 0 Å². The van der Waals surface area contributed by atoms with Gasteiger partial charge in [-0.25, -0.2) is 0 Å². The summed E-state index contributed by atoms with van der Waals surface area (Å²) in [5.74, 6) is 0. The van der Waals surface area contributed by atoms with Gasteiger partial charge in [-0.15, -0.1) is 6.58 Å². The Kier molecular flexibility index (Phi) is 4.16. The lowest BCUT2D eigenvalue weighted by atomic mass is 10.4. The van der Waals surface area contributed by atoms with Crippen LogP contribution in [-0.4, -0.2) is 5.66 Å². The fourth-order valence-corrected chi connectivity index (χ4v) is 5.82. The zero-order valence-electron chi connectivity index (χ0n) is 10.5. The maximum atomic E-state index is 6.10. The molecule has 2 aromatic rings. The molecule has 2 rings (SSSR count). The first kappa shape index (κ1) is 13.3. The molecule has 0 aromatic heterocycles. The molecule has 2 heteroatoms. The van der Waals surface area contributed by atoms with Gasteiger partial charge in [0, 0.05) is 11.7 Å². The van der Waals surface area contributed by atoms with Gasteiger partial charge in [0.15, 0.2) is 0 Å². The van der Waals surface area contributed by atoms with Gasteiger partial charge in [0.1, 0.15) is 0 Å². The fraction of sp³-hybridized carbons (Fsp3) is 0.125. The molecule has 0 radical (unpaired) electrons. The quantitative estimate of drug-likeness (QED) is 0.604. The molecule has 1 unspecified atom stereocenters. The maximum Gasteiger partial charge on any atom is 0.0168 e. The van der Waals surface area contributed by atoms with Crippen molar-refractivity contribution in [1.29, 1.82) is 0 Å². The monoisotopic (exact) mass is 272 g/mol. The summed E-state index contributed by atoms with van der Waals surface area (Å²) in [5, 5.41) is 2.53. The van der Waals surface area contributed by atoms with Crippen LogP contribution >= 0.6 is 6.04 Å². The molecule has 0 fully saturated rings. The van der Waals surface area contributed by atoms with Crippen molar-refractivity contribution in [1.82, 2.24) is 0 Å². The molecule has 0 N–H and O–H groups in total. The van der Waals surface area contributed by atoms with Gasteiger partial charge in [-0.2, -0.15) is 0 Å². The van der Waals surface area contributed by atoms with Crippen molar-refractivity contribution < 1.29 is 0 Å². The summed E-state index contributed by atoms with van der Waals surface area (Å²) in [5.41, 5.74) is 0.303. The van der Waals surface area contributed by atoms with E-state index in [4.69, 9.17) is 11.8 Å². The third-order valence-electron chi connectivity index (χ3n) is 3.19. The summed E-state index contributed by atoms with van der Waals surface area (Å²) >= 11 is 6.10. The zero-order valence-corrected chi connectivity index (χ0v) is 12.2. The number of benzene rings is 2. The van der Waals surface area contributed by atoms with E-state index in [0.29, 0.717) is 5.66 Å². The Hall–Kier alpha value is -1.17. The predicted molar refractivity (Wildman–Crippen MR) is 86.1 cm³/mol. The highest BCUT2D eigenvalue weighted by molar-refractivity contribution is 8.22. The number of hydrogen-bond donors (Lipinski definition) is 0. The van der Waals surface area contributed by atoms with Crippen LogP contribution in [0.2, 0.25) is 0 Å². The van der Waals surface area contributed by atoms with E-state index in [1.807, 2.05) is 18.2 Å². The third-order valence-corrected chi connectivity index (χ3v) is 8.95. The van der Waals surface area contributed by atoms with Gasteiger partial charge in [0.05, 0.1) is 0 Å². The van der Waals surface area contributed by atoms with Gasteiger partial charge in [-0.3, -0.25) is 0 Å². The SMILES string of the molecule is C=CC(C)P(=S)(c1ccccc1)c1ccccc1. The van der Waals surface area contributed by atoms with Crippen molar-refractivity contribution in [2.75, 3.05) is 0 Å². The summed E-state index contributed by atoms with van der Waals surface area (Å²) in [6.07, 6.45) is 1.99. The summed E-state index contributed by atoms with van der Waals surface area (Å²) in [6, 6.07) is 19.1. The van der Waals surface area contributed by atoms with Gasteiger partial charge in [0.2, 0.25) is 0 Å². The Morgan fingerprint density at radius 2 is 1.33 bits per heavy atom. The van der Waals surface area contributed by atoms with Gasteiger partial charge < -0.3 is 0 Å². The van der Waals surface area contributed by atoms with E-state index in [9.17, 15) is 0 Å². The average Bonchev–Trinajstić information content (AvgIpc) is 2.47. The molecule has 0 saturated carbocycles. The van der Waals surface area contributed by atoms with Crippen LogP contribution in [0.15, 0.2) is 73.3 Å². The number of allylic oxidation sites excluding steroid dienone is 1. The molecule has 0 heterocycles. The van der Waals surface area contributed by atoms with Crippen LogP contribution in [-0.2, 0) is 11.8 Å². The minimum Gasteiger partial charge on any atom is -0.102 e. The molecule has 2 aromatic carbocycles. The van der Waals surface area contributed by atoms with Gasteiger partial charge in [-0.05, 0) is 10.6 Å². The molecule has 0 bridgehead atoms. The molecule has 0 aliphatic heterocycles. The minimum absolute atomic E-state index is 0.303. The molecule has 1 atom stereocenters. The van der Waals surface area contributed by atoms with Crippen molar-refractivity contribution in [3.8, 4) is 0 Å². The van der Waals surface area contributed by atoms with Crippen LogP contribution in [0.1, 0.15) is 6.92 Å². The highest BCUT2D eigenvalue weighted by atomic mass is 32.4. The first-order valence-corrected chi connectivity index (χ1v) is 8.90. The minimum atomic E-state index is -1.80. The van der Waals surface area contributed by atoms with E-state index in [1.54, 1.807) is 0 Å². The third kappa shape index (κ3) is 2.34. The average molecular weight is 272 g/mol. The van der Waals surface area contributed by atoms with Crippen LogP contribution in [0.25, 0.3) is 0 Å². The van der Waals surface area contributed by atoms with E-state index in [1.165, 1.54) is 10.6 Å². The standard InChI is InChI=1S/C16H17PS/c1-3-14(2)17(18,15-10-6-4-7-11-15)16-12-8-5-9-13-16/h3-14H,1H2,2H3. The lowest BCUT2D eigenvalue weighted by molar-refractivity contribution is 1.24. The smallest absolute Gasteiger partial charge is 0.0168 e. The molecule has 0 aliphatic carbocycles. The van der Waals surface area contributed by atoms with Crippen molar-refractivity contribution >= 4 is 28.5 Å².